The van der Waals surface area contributed by atoms with Gasteiger partial charge in [-0.15, -0.1) is 11.3 Å². The standard InChI is InChI=1S/C14H19N5S/c15-19-14-17-12(11-3-4-20-13(11)18-14)16-7-10-6-8-1-2-9(10)5-8/h3-4,8-10H,1-2,5-7,15H2,(H2,16,17,18,19). The molecule has 106 valence electrons. The van der Waals surface area contributed by atoms with Gasteiger partial charge in [-0.1, -0.05) is 6.42 Å². The van der Waals surface area contributed by atoms with E-state index in [1.807, 2.05) is 5.38 Å². The molecule has 0 spiro atoms. The predicted molar refractivity (Wildman–Crippen MR) is 82.7 cm³/mol. The molecule has 2 heterocycles. The number of nitrogens with zero attached hydrogens (tertiary/aromatic N) is 2. The molecule has 2 bridgehead atoms. The molecular weight excluding hydrogens is 270 g/mol. The fourth-order valence-corrected chi connectivity index (χ4v) is 4.67. The SMILES string of the molecule is NNc1nc(NCC2CC3CCC2C3)c2ccsc2n1. The molecule has 2 aromatic rings. The van der Waals surface area contributed by atoms with Gasteiger partial charge >= 0.3 is 0 Å². The second kappa shape index (κ2) is 4.86. The summed E-state index contributed by atoms with van der Waals surface area (Å²) in [4.78, 5) is 9.80. The zero-order valence-electron chi connectivity index (χ0n) is 11.3. The van der Waals surface area contributed by atoms with Crippen LogP contribution in [-0.4, -0.2) is 16.5 Å². The number of anilines is 2. The molecule has 0 radical (unpaired) electrons. The van der Waals surface area contributed by atoms with Crippen LogP contribution in [0, 0.1) is 17.8 Å². The third kappa shape index (κ3) is 2.03. The van der Waals surface area contributed by atoms with Gasteiger partial charge in [0, 0.05) is 6.54 Å². The molecule has 2 fully saturated rings. The highest BCUT2D eigenvalue weighted by atomic mass is 32.1. The Morgan fingerprint density at radius 1 is 1.30 bits per heavy atom. The zero-order valence-corrected chi connectivity index (χ0v) is 12.1. The van der Waals surface area contributed by atoms with E-state index in [1.165, 1.54) is 25.7 Å². The van der Waals surface area contributed by atoms with Crippen molar-refractivity contribution in [1.82, 2.24) is 9.97 Å². The molecule has 0 saturated heterocycles. The summed E-state index contributed by atoms with van der Waals surface area (Å²) < 4.78 is 0. The van der Waals surface area contributed by atoms with Crippen LogP contribution >= 0.6 is 11.3 Å². The molecule has 2 aliphatic rings. The van der Waals surface area contributed by atoms with Crippen molar-refractivity contribution in [2.24, 2.45) is 23.6 Å². The van der Waals surface area contributed by atoms with Crippen molar-refractivity contribution >= 4 is 33.3 Å². The molecule has 5 nitrogen and oxygen atoms in total. The first-order valence-electron chi connectivity index (χ1n) is 7.29. The summed E-state index contributed by atoms with van der Waals surface area (Å²) in [5.41, 5.74) is 2.55. The second-order valence-corrected chi connectivity index (χ2v) is 6.89. The molecule has 0 aromatic carbocycles. The van der Waals surface area contributed by atoms with Crippen LogP contribution in [0.1, 0.15) is 25.7 Å². The first-order chi connectivity index (χ1) is 9.83. The first kappa shape index (κ1) is 12.3. The van der Waals surface area contributed by atoms with E-state index in [4.69, 9.17) is 5.84 Å². The summed E-state index contributed by atoms with van der Waals surface area (Å²) in [5.74, 6) is 9.57. The van der Waals surface area contributed by atoms with Crippen molar-refractivity contribution in [2.75, 3.05) is 17.3 Å². The van der Waals surface area contributed by atoms with Gasteiger partial charge in [0.1, 0.15) is 10.6 Å². The molecule has 4 rings (SSSR count). The third-order valence-corrected chi connectivity index (χ3v) is 5.68. The van der Waals surface area contributed by atoms with Gasteiger partial charge < -0.3 is 5.32 Å². The lowest BCUT2D eigenvalue weighted by molar-refractivity contribution is 0.348. The van der Waals surface area contributed by atoms with E-state index in [0.717, 1.165) is 40.3 Å². The zero-order chi connectivity index (χ0) is 13.5. The number of rotatable bonds is 4. The summed E-state index contributed by atoms with van der Waals surface area (Å²) in [7, 11) is 0. The summed E-state index contributed by atoms with van der Waals surface area (Å²) in [6, 6.07) is 2.07. The Labute approximate surface area is 122 Å². The fourth-order valence-electron chi connectivity index (χ4n) is 3.91. The fraction of sp³-hybridized carbons (Fsp3) is 0.571. The molecule has 2 saturated carbocycles. The summed E-state index contributed by atoms with van der Waals surface area (Å²) in [6.45, 7) is 1.02. The lowest BCUT2D eigenvalue weighted by Crippen LogP contribution is -2.21. The Balaban J connectivity index is 1.54. The highest BCUT2D eigenvalue weighted by Crippen LogP contribution is 2.48. The maximum Gasteiger partial charge on any atom is 0.240 e. The van der Waals surface area contributed by atoms with Gasteiger partial charge in [0.15, 0.2) is 0 Å². The third-order valence-electron chi connectivity index (χ3n) is 4.87. The summed E-state index contributed by atoms with van der Waals surface area (Å²) >= 11 is 1.61. The second-order valence-electron chi connectivity index (χ2n) is 6.00. The highest BCUT2D eigenvalue weighted by Gasteiger charge is 2.39. The molecule has 2 aromatic heterocycles. The van der Waals surface area contributed by atoms with E-state index >= 15 is 0 Å². The molecule has 6 heteroatoms. The maximum absolute atomic E-state index is 5.45. The molecule has 4 N–H and O–H groups in total. The van der Waals surface area contributed by atoms with Crippen molar-refractivity contribution in [2.45, 2.75) is 25.7 Å². The first-order valence-corrected chi connectivity index (χ1v) is 8.17. The van der Waals surface area contributed by atoms with E-state index in [-0.39, 0.29) is 0 Å². The van der Waals surface area contributed by atoms with E-state index in [1.54, 1.807) is 11.3 Å². The summed E-state index contributed by atoms with van der Waals surface area (Å²) in [5, 5.41) is 6.67. The van der Waals surface area contributed by atoms with Crippen LogP contribution in [0.2, 0.25) is 0 Å². The van der Waals surface area contributed by atoms with Crippen LogP contribution in [0.25, 0.3) is 10.2 Å². The van der Waals surface area contributed by atoms with Crippen molar-refractivity contribution in [3.05, 3.63) is 11.4 Å². The van der Waals surface area contributed by atoms with E-state index in [0.29, 0.717) is 5.95 Å². The monoisotopic (exact) mass is 289 g/mol. The maximum atomic E-state index is 5.45. The lowest BCUT2D eigenvalue weighted by atomic mass is 9.89. The Kier molecular flexibility index (Phi) is 3.00. The number of nitrogen functional groups attached to an aromatic ring is 1. The minimum Gasteiger partial charge on any atom is -0.369 e. The average Bonchev–Trinajstić information content (AvgIpc) is 3.19. The van der Waals surface area contributed by atoms with Gasteiger partial charge in [0.2, 0.25) is 5.95 Å². The molecule has 3 atom stereocenters. The molecule has 0 amide bonds. The van der Waals surface area contributed by atoms with Crippen molar-refractivity contribution in [3.63, 3.8) is 0 Å². The topological polar surface area (TPSA) is 75.9 Å². The Bertz CT molecular complexity index is 625. The van der Waals surface area contributed by atoms with Crippen LogP contribution in [-0.2, 0) is 0 Å². The van der Waals surface area contributed by atoms with Gasteiger partial charge in [-0.05, 0) is 48.5 Å². The Morgan fingerprint density at radius 2 is 2.25 bits per heavy atom. The summed E-state index contributed by atoms with van der Waals surface area (Å²) in [6.07, 6.45) is 5.70. The van der Waals surface area contributed by atoms with Crippen LogP contribution in [0.5, 0.6) is 0 Å². The van der Waals surface area contributed by atoms with Gasteiger partial charge in [0.05, 0.1) is 5.39 Å². The Morgan fingerprint density at radius 3 is 3.00 bits per heavy atom. The predicted octanol–water partition coefficient (Wildman–Crippen LogP) is 2.83. The van der Waals surface area contributed by atoms with E-state index < -0.39 is 0 Å². The van der Waals surface area contributed by atoms with E-state index in [2.05, 4.69) is 26.8 Å². The van der Waals surface area contributed by atoms with Gasteiger partial charge in [-0.25, -0.2) is 10.8 Å². The minimum atomic E-state index is 0.482. The normalized spacial score (nSPS) is 28.1. The van der Waals surface area contributed by atoms with Crippen LogP contribution in [0.3, 0.4) is 0 Å². The van der Waals surface area contributed by atoms with Gasteiger partial charge in [0.25, 0.3) is 0 Å². The number of fused-ring (bicyclic) bond motifs is 3. The van der Waals surface area contributed by atoms with Gasteiger partial charge in [-0.2, -0.15) is 4.98 Å². The molecule has 20 heavy (non-hydrogen) atoms. The molecule has 3 unspecified atom stereocenters. The van der Waals surface area contributed by atoms with Crippen LogP contribution in [0.15, 0.2) is 11.4 Å². The smallest absolute Gasteiger partial charge is 0.240 e. The van der Waals surface area contributed by atoms with Crippen molar-refractivity contribution in [3.8, 4) is 0 Å². The van der Waals surface area contributed by atoms with Crippen molar-refractivity contribution < 1.29 is 0 Å². The molecule has 2 aliphatic carbocycles. The van der Waals surface area contributed by atoms with Crippen LogP contribution < -0.4 is 16.6 Å². The number of thiophene rings is 1. The Hall–Kier alpha value is -1.40. The van der Waals surface area contributed by atoms with Crippen molar-refractivity contribution in [1.29, 1.82) is 0 Å². The largest absolute Gasteiger partial charge is 0.369 e. The number of hydrazine groups is 1. The number of hydrogen-bond acceptors (Lipinski definition) is 6. The lowest BCUT2D eigenvalue weighted by Gasteiger charge is -2.22. The molecular formula is C14H19N5S. The highest BCUT2D eigenvalue weighted by molar-refractivity contribution is 7.16. The number of nitrogens with two attached hydrogens (primary N) is 1. The number of aromatic nitrogens is 2. The quantitative estimate of drug-likeness (QED) is 0.596. The number of hydrogen-bond donors (Lipinski definition) is 3. The average molecular weight is 289 g/mol. The molecule has 0 aliphatic heterocycles. The minimum absolute atomic E-state index is 0.482. The van der Waals surface area contributed by atoms with Crippen LogP contribution in [0.4, 0.5) is 11.8 Å². The number of nitrogens with one attached hydrogen (secondary N) is 2. The van der Waals surface area contributed by atoms with E-state index in [9.17, 15) is 0 Å². The van der Waals surface area contributed by atoms with Gasteiger partial charge in [-0.3, -0.25) is 5.43 Å².